The van der Waals surface area contributed by atoms with Crippen LogP contribution < -0.4 is 5.32 Å². The Bertz CT molecular complexity index is 569. The quantitative estimate of drug-likeness (QED) is 0.840. The van der Waals surface area contributed by atoms with Crippen LogP contribution in [0, 0.1) is 0 Å². The predicted molar refractivity (Wildman–Crippen MR) is 86.3 cm³/mol. The van der Waals surface area contributed by atoms with E-state index in [4.69, 9.17) is 0 Å². The van der Waals surface area contributed by atoms with Gasteiger partial charge in [-0.3, -0.25) is 0 Å². The van der Waals surface area contributed by atoms with E-state index in [1.807, 2.05) is 6.20 Å². The molecule has 3 nitrogen and oxygen atoms in total. The molecule has 0 spiro atoms. The van der Waals surface area contributed by atoms with Crippen molar-refractivity contribution in [2.75, 3.05) is 6.54 Å². The minimum Gasteiger partial charge on any atom is -0.334 e. The molecule has 1 aliphatic rings. The molecule has 1 aromatic carbocycles. The summed E-state index contributed by atoms with van der Waals surface area (Å²) < 4.78 is 2.27. The van der Waals surface area contributed by atoms with Crippen LogP contribution in [0.2, 0.25) is 0 Å². The predicted octanol–water partition coefficient (Wildman–Crippen LogP) is 3.68. The lowest BCUT2D eigenvalue weighted by atomic mass is 9.87. The first-order valence-corrected chi connectivity index (χ1v) is 8.11. The molecule has 0 saturated heterocycles. The molecule has 1 heterocycles. The summed E-state index contributed by atoms with van der Waals surface area (Å²) in [5.41, 5.74) is 1.68. The molecule has 0 amide bonds. The third-order valence-electron chi connectivity index (χ3n) is 4.63. The second-order valence-electron chi connectivity index (χ2n) is 5.98. The van der Waals surface area contributed by atoms with E-state index in [0.29, 0.717) is 6.04 Å². The van der Waals surface area contributed by atoms with Gasteiger partial charge in [0.15, 0.2) is 0 Å². The Kier molecular flexibility index (Phi) is 4.11. The Labute approximate surface area is 127 Å². The molecule has 1 aromatic heterocycles. The fraction of sp³-hybridized carbons (Fsp3) is 0.500. The van der Waals surface area contributed by atoms with Crippen molar-refractivity contribution in [1.29, 1.82) is 0 Å². The lowest BCUT2D eigenvalue weighted by Gasteiger charge is -2.28. The van der Waals surface area contributed by atoms with Crippen molar-refractivity contribution in [2.45, 2.75) is 51.1 Å². The number of benzene rings is 1. The summed E-state index contributed by atoms with van der Waals surface area (Å²) in [4.78, 5) is 4.67. The third kappa shape index (κ3) is 2.62. The van der Waals surface area contributed by atoms with E-state index < -0.39 is 0 Å². The number of aromatic nitrogens is 2. The van der Waals surface area contributed by atoms with E-state index in [1.54, 1.807) is 0 Å². The average Bonchev–Trinajstić information content (AvgIpc) is 3.20. The molecule has 1 unspecified atom stereocenters. The normalized spacial score (nSPS) is 17.6. The Balaban J connectivity index is 1.96. The van der Waals surface area contributed by atoms with Crippen LogP contribution in [-0.2, 0) is 12.0 Å². The Morgan fingerprint density at radius 3 is 2.62 bits per heavy atom. The van der Waals surface area contributed by atoms with Gasteiger partial charge in [-0.1, -0.05) is 37.3 Å². The first-order valence-electron chi connectivity index (χ1n) is 8.11. The third-order valence-corrected chi connectivity index (χ3v) is 4.63. The zero-order valence-corrected chi connectivity index (χ0v) is 13.0. The molecule has 0 bridgehead atoms. The van der Waals surface area contributed by atoms with Crippen LogP contribution in [0.25, 0.3) is 0 Å². The smallest absolute Gasteiger partial charge is 0.126 e. The summed E-state index contributed by atoms with van der Waals surface area (Å²) in [6, 6.07) is 11.3. The van der Waals surface area contributed by atoms with Crippen LogP contribution in [0.15, 0.2) is 42.7 Å². The molecule has 0 radical (unpaired) electrons. The van der Waals surface area contributed by atoms with Gasteiger partial charge in [-0.15, -0.1) is 0 Å². The fourth-order valence-corrected chi connectivity index (χ4v) is 3.32. The molecule has 1 saturated carbocycles. The molecule has 21 heavy (non-hydrogen) atoms. The van der Waals surface area contributed by atoms with E-state index in [2.05, 4.69) is 65.2 Å². The number of rotatable bonds is 7. The lowest BCUT2D eigenvalue weighted by Crippen LogP contribution is -2.35. The zero-order chi connectivity index (χ0) is 14.7. The molecule has 3 heteroatoms. The van der Waals surface area contributed by atoms with Crippen LogP contribution in [0.4, 0.5) is 0 Å². The van der Waals surface area contributed by atoms with E-state index in [9.17, 15) is 0 Å². The highest BCUT2D eigenvalue weighted by Gasteiger charge is 2.52. The van der Waals surface area contributed by atoms with Crippen molar-refractivity contribution >= 4 is 0 Å². The standard InChI is InChI=1S/C18H25N3/c1-3-12-19-16(17-20-13-14-21(17)4-2)18(10-11-18)15-8-6-5-7-9-15/h5-9,13-14,16,19H,3-4,10-12H2,1-2H3. The number of imidazole rings is 1. The topological polar surface area (TPSA) is 29.9 Å². The highest BCUT2D eigenvalue weighted by molar-refractivity contribution is 5.35. The molecule has 0 aliphatic heterocycles. The summed E-state index contributed by atoms with van der Waals surface area (Å²) in [6.45, 7) is 6.42. The van der Waals surface area contributed by atoms with E-state index in [-0.39, 0.29) is 5.41 Å². The summed E-state index contributed by atoms with van der Waals surface area (Å²) in [7, 11) is 0. The van der Waals surface area contributed by atoms with Gasteiger partial charge in [-0.05, 0) is 38.3 Å². The highest BCUT2D eigenvalue weighted by Crippen LogP contribution is 2.56. The molecular formula is C18H25N3. The van der Waals surface area contributed by atoms with Crippen molar-refractivity contribution in [3.8, 4) is 0 Å². The largest absolute Gasteiger partial charge is 0.334 e. The number of aryl methyl sites for hydroxylation is 1. The molecule has 112 valence electrons. The second-order valence-corrected chi connectivity index (χ2v) is 5.98. The van der Waals surface area contributed by atoms with Gasteiger partial charge < -0.3 is 9.88 Å². The summed E-state index contributed by atoms with van der Waals surface area (Å²) in [5.74, 6) is 1.19. The summed E-state index contributed by atoms with van der Waals surface area (Å²) in [6.07, 6.45) is 7.66. The lowest BCUT2D eigenvalue weighted by molar-refractivity contribution is 0.397. The first-order chi connectivity index (χ1) is 10.3. The highest BCUT2D eigenvalue weighted by atomic mass is 15.1. The van der Waals surface area contributed by atoms with Crippen LogP contribution in [0.5, 0.6) is 0 Å². The number of hydrogen-bond donors (Lipinski definition) is 1. The van der Waals surface area contributed by atoms with Crippen molar-refractivity contribution in [3.63, 3.8) is 0 Å². The number of hydrogen-bond acceptors (Lipinski definition) is 2. The molecule has 1 fully saturated rings. The molecule has 3 rings (SSSR count). The van der Waals surface area contributed by atoms with E-state index in [0.717, 1.165) is 19.5 Å². The maximum atomic E-state index is 4.67. The zero-order valence-electron chi connectivity index (χ0n) is 13.0. The maximum absolute atomic E-state index is 4.67. The molecule has 2 aromatic rings. The average molecular weight is 283 g/mol. The van der Waals surface area contributed by atoms with Gasteiger partial charge in [0.1, 0.15) is 5.82 Å². The van der Waals surface area contributed by atoms with Crippen molar-refractivity contribution in [3.05, 3.63) is 54.1 Å². The van der Waals surface area contributed by atoms with Gasteiger partial charge >= 0.3 is 0 Å². The summed E-state index contributed by atoms with van der Waals surface area (Å²) >= 11 is 0. The molecule has 1 N–H and O–H groups in total. The molecular weight excluding hydrogens is 258 g/mol. The van der Waals surface area contributed by atoms with Crippen LogP contribution in [0.3, 0.4) is 0 Å². The molecule has 1 atom stereocenters. The number of nitrogens with one attached hydrogen (secondary N) is 1. The first kappa shape index (κ1) is 14.3. The van der Waals surface area contributed by atoms with Crippen LogP contribution in [0.1, 0.15) is 50.5 Å². The van der Waals surface area contributed by atoms with E-state index in [1.165, 1.54) is 24.2 Å². The minimum absolute atomic E-state index is 0.231. The van der Waals surface area contributed by atoms with Crippen LogP contribution in [-0.4, -0.2) is 16.1 Å². The van der Waals surface area contributed by atoms with Gasteiger partial charge in [-0.2, -0.15) is 0 Å². The van der Waals surface area contributed by atoms with E-state index >= 15 is 0 Å². The van der Waals surface area contributed by atoms with Crippen LogP contribution >= 0.6 is 0 Å². The van der Waals surface area contributed by atoms with Crippen molar-refractivity contribution in [2.24, 2.45) is 0 Å². The SMILES string of the molecule is CCCNC(c1nccn1CC)C1(c2ccccc2)CC1. The second kappa shape index (κ2) is 6.02. The number of nitrogens with zero attached hydrogens (tertiary/aromatic N) is 2. The van der Waals surface area contributed by atoms with Gasteiger partial charge in [0.25, 0.3) is 0 Å². The fourth-order valence-electron chi connectivity index (χ4n) is 3.32. The van der Waals surface area contributed by atoms with Gasteiger partial charge in [0.05, 0.1) is 6.04 Å². The Morgan fingerprint density at radius 2 is 2.00 bits per heavy atom. The monoisotopic (exact) mass is 283 g/mol. The Hall–Kier alpha value is -1.61. The van der Waals surface area contributed by atoms with Gasteiger partial charge in [-0.25, -0.2) is 4.98 Å². The maximum Gasteiger partial charge on any atom is 0.126 e. The summed E-state index contributed by atoms with van der Waals surface area (Å²) in [5, 5.41) is 3.76. The molecule has 1 aliphatic carbocycles. The van der Waals surface area contributed by atoms with Gasteiger partial charge in [0, 0.05) is 24.4 Å². The minimum atomic E-state index is 0.231. The van der Waals surface area contributed by atoms with Crippen molar-refractivity contribution < 1.29 is 0 Å². The Morgan fingerprint density at radius 1 is 1.24 bits per heavy atom. The van der Waals surface area contributed by atoms with Crippen molar-refractivity contribution in [1.82, 2.24) is 14.9 Å². The van der Waals surface area contributed by atoms with Gasteiger partial charge in [0.2, 0.25) is 0 Å².